The summed E-state index contributed by atoms with van der Waals surface area (Å²) in [6.45, 7) is 1.83. The molecule has 0 bridgehead atoms. The van der Waals surface area contributed by atoms with Gasteiger partial charge in [0.15, 0.2) is 5.78 Å². The topological polar surface area (TPSA) is 37.3 Å². The molecule has 0 aliphatic heterocycles. The number of hydrogen-bond acceptors (Lipinski definition) is 2. The summed E-state index contributed by atoms with van der Waals surface area (Å²) in [5, 5.41) is 8.96. The van der Waals surface area contributed by atoms with Crippen LogP contribution in [0.1, 0.15) is 13.3 Å². The van der Waals surface area contributed by atoms with Crippen molar-refractivity contribution in [3.8, 4) is 0 Å². The molecule has 0 spiro atoms. The van der Waals surface area contributed by atoms with E-state index in [1.54, 1.807) is 6.08 Å². The molecule has 2 heteroatoms. The standard InChI is InChI=1S/C7H10O2/c1-5-4-6(8)2-3-7(5)9/h2-3,5-6,8H,4H2,1H3/t5-,6+/m0/s1. The van der Waals surface area contributed by atoms with Gasteiger partial charge in [0.05, 0.1) is 6.10 Å². The highest BCUT2D eigenvalue weighted by Gasteiger charge is 2.17. The van der Waals surface area contributed by atoms with E-state index in [0.717, 1.165) is 0 Å². The fraction of sp³-hybridized carbons (Fsp3) is 0.571. The van der Waals surface area contributed by atoms with E-state index in [1.807, 2.05) is 6.92 Å². The average Bonchev–Trinajstić information content (AvgIpc) is 1.80. The molecule has 0 aromatic carbocycles. The third-order valence-corrected chi connectivity index (χ3v) is 1.56. The number of aliphatic hydroxyl groups excluding tert-OH is 1. The van der Waals surface area contributed by atoms with Crippen molar-refractivity contribution in [2.24, 2.45) is 5.92 Å². The monoisotopic (exact) mass is 126 g/mol. The van der Waals surface area contributed by atoms with Gasteiger partial charge in [-0.3, -0.25) is 4.79 Å². The maximum atomic E-state index is 10.7. The minimum atomic E-state index is -0.405. The number of hydrogen-bond donors (Lipinski definition) is 1. The van der Waals surface area contributed by atoms with E-state index in [9.17, 15) is 4.79 Å². The van der Waals surface area contributed by atoms with Crippen LogP contribution in [-0.4, -0.2) is 17.0 Å². The van der Waals surface area contributed by atoms with E-state index in [1.165, 1.54) is 6.08 Å². The molecule has 50 valence electrons. The quantitative estimate of drug-likeness (QED) is 0.513. The minimum Gasteiger partial charge on any atom is -0.389 e. The predicted molar refractivity (Wildman–Crippen MR) is 33.9 cm³/mol. The van der Waals surface area contributed by atoms with Crippen molar-refractivity contribution in [3.05, 3.63) is 12.2 Å². The Labute approximate surface area is 54.2 Å². The van der Waals surface area contributed by atoms with Crippen molar-refractivity contribution in [1.82, 2.24) is 0 Å². The van der Waals surface area contributed by atoms with Crippen LogP contribution < -0.4 is 0 Å². The fourth-order valence-corrected chi connectivity index (χ4v) is 0.927. The van der Waals surface area contributed by atoms with Crippen molar-refractivity contribution < 1.29 is 9.90 Å². The van der Waals surface area contributed by atoms with Crippen molar-refractivity contribution in [1.29, 1.82) is 0 Å². The fourth-order valence-electron chi connectivity index (χ4n) is 0.927. The zero-order valence-corrected chi connectivity index (χ0v) is 5.37. The molecule has 0 amide bonds. The molecule has 1 N–H and O–H groups in total. The van der Waals surface area contributed by atoms with Crippen LogP contribution in [0.15, 0.2) is 12.2 Å². The molecule has 2 nitrogen and oxygen atoms in total. The van der Waals surface area contributed by atoms with E-state index in [-0.39, 0.29) is 11.7 Å². The second-order valence-electron chi connectivity index (χ2n) is 2.47. The summed E-state index contributed by atoms with van der Waals surface area (Å²) in [7, 11) is 0. The molecule has 0 heterocycles. The lowest BCUT2D eigenvalue weighted by atomic mass is 9.93. The van der Waals surface area contributed by atoms with Gasteiger partial charge in [-0.05, 0) is 12.5 Å². The Hall–Kier alpha value is -0.630. The van der Waals surface area contributed by atoms with Gasteiger partial charge in [-0.2, -0.15) is 0 Å². The van der Waals surface area contributed by atoms with Gasteiger partial charge in [0.1, 0.15) is 0 Å². The molecule has 0 saturated heterocycles. The van der Waals surface area contributed by atoms with Gasteiger partial charge in [-0.25, -0.2) is 0 Å². The average molecular weight is 126 g/mol. The summed E-state index contributed by atoms with van der Waals surface area (Å²) in [6.07, 6.45) is 3.17. The third kappa shape index (κ3) is 1.39. The lowest BCUT2D eigenvalue weighted by molar-refractivity contribution is -0.119. The van der Waals surface area contributed by atoms with Crippen molar-refractivity contribution >= 4 is 5.78 Å². The van der Waals surface area contributed by atoms with Gasteiger partial charge in [-0.15, -0.1) is 0 Å². The first-order valence-electron chi connectivity index (χ1n) is 3.10. The van der Waals surface area contributed by atoms with Crippen LogP contribution in [0, 0.1) is 5.92 Å². The molecule has 1 rings (SSSR count). The number of aliphatic hydroxyl groups is 1. The van der Waals surface area contributed by atoms with Crippen LogP contribution in [0.25, 0.3) is 0 Å². The van der Waals surface area contributed by atoms with Gasteiger partial charge in [0.25, 0.3) is 0 Å². The summed E-state index contributed by atoms with van der Waals surface area (Å²) < 4.78 is 0. The van der Waals surface area contributed by atoms with E-state index in [4.69, 9.17) is 5.11 Å². The van der Waals surface area contributed by atoms with Crippen LogP contribution in [0.2, 0.25) is 0 Å². The zero-order valence-electron chi connectivity index (χ0n) is 5.37. The van der Waals surface area contributed by atoms with Crippen molar-refractivity contribution in [2.75, 3.05) is 0 Å². The predicted octanol–water partition coefficient (Wildman–Crippen LogP) is 0.512. The SMILES string of the molecule is C[C@H]1C[C@H](O)C=CC1=O. The number of carbonyl (C=O) groups is 1. The summed E-state index contributed by atoms with van der Waals surface area (Å²) in [6, 6.07) is 0. The first-order valence-corrected chi connectivity index (χ1v) is 3.10. The van der Waals surface area contributed by atoms with Crippen LogP contribution >= 0.6 is 0 Å². The van der Waals surface area contributed by atoms with E-state index in [0.29, 0.717) is 6.42 Å². The highest BCUT2D eigenvalue weighted by Crippen LogP contribution is 2.13. The molecule has 0 aromatic rings. The highest BCUT2D eigenvalue weighted by atomic mass is 16.3. The molecular weight excluding hydrogens is 116 g/mol. The molecule has 0 fully saturated rings. The number of rotatable bonds is 0. The lowest BCUT2D eigenvalue weighted by Gasteiger charge is -2.14. The molecule has 9 heavy (non-hydrogen) atoms. The molecule has 1 aliphatic carbocycles. The van der Waals surface area contributed by atoms with Crippen LogP contribution in [-0.2, 0) is 4.79 Å². The molecule has 2 atom stereocenters. The van der Waals surface area contributed by atoms with Gasteiger partial charge >= 0.3 is 0 Å². The molecule has 0 unspecified atom stereocenters. The Balaban J connectivity index is 2.65. The second-order valence-corrected chi connectivity index (χ2v) is 2.47. The van der Waals surface area contributed by atoms with Crippen molar-refractivity contribution in [3.63, 3.8) is 0 Å². The molecule has 0 saturated carbocycles. The highest BCUT2D eigenvalue weighted by molar-refractivity contribution is 5.92. The van der Waals surface area contributed by atoms with Gasteiger partial charge < -0.3 is 5.11 Å². The maximum Gasteiger partial charge on any atom is 0.158 e. The van der Waals surface area contributed by atoms with Gasteiger partial charge in [-0.1, -0.05) is 13.0 Å². The summed E-state index contributed by atoms with van der Waals surface area (Å²) in [5.41, 5.74) is 0. The Morgan fingerprint density at radius 2 is 2.44 bits per heavy atom. The van der Waals surface area contributed by atoms with E-state index in [2.05, 4.69) is 0 Å². The van der Waals surface area contributed by atoms with Crippen molar-refractivity contribution in [2.45, 2.75) is 19.4 Å². The smallest absolute Gasteiger partial charge is 0.158 e. The zero-order chi connectivity index (χ0) is 6.85. The largest absolute Gasteiger partial charge is 0.389 e. The second kappa shape index (κ2) is 2.31. The van der Waals surface area contributed by atoms with Crippen LogP contribution in [0.4, 0.5) is 0 Å². The number of carbonyl (C=O) groups excluding carboxylic acids is 1. The molecule has 0 aromatic heterocycles. The summed E-state index contributed by atoms with van der Waals surface area (Å²) in [4.78, 5) is 10.7. The summed E-state index contributed by atoms with van der Waals surface area (Å²) >= 11 is 0. The maximum absolute atomic E-state index is 10.7. The number of ketones is 1. The molecule has 1 aliphatic rings. The Bertz CT molecular complexity index is 149. The van der Waals surface area contributed by atoms with E-state index < -0.39 is 6.10 Å². The van der Waals surface area contributed by atoms with E-state index >= 15 is 0 Å². The number of allylic oxidation sites excluding steroid dienone is 1. The lowest BCUT2D eigenvalue weighted by Crippen LogP contribution is -2.20. The third-order valence-electron chi connectivity index (χ3n) is 1.56. The molecular formula is C7H10O2. The van der Waals surface area contributed by atoms with Crippen LogP contribution in [0.3, 0.4) is 0 Å². The first kappa shape index (κ1) is 6.49. The normalized spacial score (nSPS) is 35.1. The van der Waals surface area contributed by atoms with Gasteiger partial charge in [0, 0.05) is 5.92 Å². The summed E-state index contributed by atoms with van der Waals surface area (Å²) in [5.74, 6) is 0.130. The Kier molecular flexibility index (Phi) is 1.67. The van der Waals surface area contributed by atoms with Gasteiger partial charge in [0.2, 0.25) is 0 Å². The first-order chi connectivity index (χ1) is 4.20. The Morgan fingerprint density at radius 1 is 1.78 bits per heavy atom. The Morgan fingerprint density at radius 3 is 2.89 bits per heavy atom. The molecule has 0 radical (unpaired) electrons. The van der Waals surface area contributed by atoms with Crippen LogP contribution in [0.5, 0.6) is 0 Å². The minimum absolute atomic E-state index is 0.00463.